The zero-order valence-corrected chi connectivity index (χ0v) is 15.4. The van der Waals surface area contributed by atoms with Crippen LogP contribution in [0.1, 0.15) is 36.4 Å². The number of rotatable bonds is 5. The fourth-order valence-electron chi connectivity index (χ4n) is 2.90. The number of nitrogens with one attached hydrogen (secondary N) is 1. The lowest BCUT2D eigenvalue weighted by Gasteiger charge is -2.29. The molecule has 2 heterocycles. The van der Waals surface area contributed by atoms with Gasteiger partial charge in [-0.25, -0.2) is 0 Å². The molecule has 0 aliphatic carbocycles. The maximum atomic E-state index is 12.7. The molecule has 27 heavy (non-hydrogen) atoms. The number of amides is 2. The summed E-state index contributed by atoms with van der Waals surface area (Å²) in [5.41, 5.74) is 2.32. The molecule has 0 spiro atoms. The van der Waals surface area contributed by atoms with Crippen LogP contribution in [0.2, 0.25) is 0 Å². The van der Waals surface area contributed by atoms with Gasteiger partial charge in [0.1, 0.15) is 0 Å². The Morgan fingerprint density at radius 1 is 1.26 bits per heavy atom. The van der Waals surface area contributed by atoms with Crippen LogP contribution < -0.4 is 10.2 Å². The number of ether oxygens (including phenoxy) is 1. The van der Waals surface area contributed by atoms with E-state index in [2.05, 4.69) is 5.32 Å². The van der Waals surface area contributed by atoms with Crippen molar-refractivity contribution in [3.8, 4) is 0 Å². The quantitative estimate of drug-likeness (QED) is 0.818. The fourth-order valence-corrected chi connectivity index (χ4v) is 2.90. The maximum Gasteiger partial charge on any atom is 0.308 e. The van der Waals surface area contributed by atoms with Gasteiger partial charge in [0.2, 0.25) is 0 Å². The van der Waals surface area contributed by atoms with E-state index in [0.717, 1.165) is 24.1 Å². The second kappa shape index (κ2) is 8.07. The van der Waals surface area contributed by atoms with Crippen LogP contribution in [0.25, 0.3) is 0 Å². The van der Waals surface area contributed by atoms with E-state index in [4.69, 9.17) is 9.15 Å². The molecule has 142 valence electrons. The third-order valence-electron chi connectivity index (χ3n) is 4.28. The Morgan fingerprint density at radius 3 is 2.78 bits per heavy atom. The van der Waals surface area contributed by atoms with Gasteiger partial charge in [0, 0.05) is 17.9 Å². The zero-order valence-electron chi connectivity index (χ0n) is 15.4. The van der Waals surface area contributed by atoms with E-state index in [9.17, 15) is 14.4 Å². The minimum Gasteiger partial charge on any atom is -0.459 e. The number of carbonyl (C=O) groups is 3. The summed E-state index contributed by atoms with van der Waals surface area (Å²) >= 11 is 0. The van der Waals surface area contributed by atoms with Crippen LogP contribution in [0.4, 0.5) is 11.4 Å². The van der Waals surface area contributed by atoms with Crippen LogP contribution in [-0.2, 0) is 20.7 Å². The minimum atomic E-state index is -0.427. The maximum absolute atomic E-state index is 12.7. The number of aryl methyl sites for hydroxylation is 1. The summed E-state index contributed by atoms with van der Waals surface area (Å²) in [5, 5.41) is 2.70. The number of hydrogen-bond acceptors (Lipinski definition) is 5. The molecular formula is C20H22N2O5. The average Bonchev–Trinajstić information content (AvgIpc) is 3.19. The van der Waals surface area contributed by atoms with Gasteiger partial charge in [0.15, 0.2) is 12.4 Å². The summed E-state index contributed by atoms with van der Waals surface area (Å²) in [7, 11) is 0. The zero-order chi connectivity index (χ0) is 19.4. The number of nitrogens with zero attached hydrogens (tertiary/aromatic N) is 1. The Kier molecular flexibility index (Phi) is 5.59. The number of esters is 1. The predicted octanol–water partition coefficient (Wildman–Crippen LogP) is 3.01. The first-order chi connectivity index (χ1) is 13.0. The number of hydrogen-bond donors (Lipinski definition) is 1. The molecule has 0 unspecified atom stereocenters. The Labute approximate surface area is 157 Å². The Bertz CT molecular complexity index is 842. The lowest BCUT2D eigenvalue weighted by Crippen LogP contribution is -2.35. The van der Waals surface area contributed by atoms with Crippen molar-refractivity contribution in [2.45, 2.75) is 26.7 Å². The van der Waals surface area contributed by atoms with E-state index in [0.29, 0.717) is 12.2 Å². The van der Waals surface area contributed by atoms with Crippen LogP contribution in [0, 0.1) is 5.92 Å². The van der Waals surface area contributed by atoms with E-state index < -0.39 is 11.9 Å². The molecule has 1 aromatic heterocycles. The molecule has 1 aromatic carbocycles. The van der Waals surface area contributed by atoms with Gasteiger partial charge in [-0.05, 0) is 42.7 Å². The van der Waals surface area contributed by atoms with Gasteiger partial charge in [-0.2, -0.15) is 0 Å². The van der Waals surface area contributed by atoms with Crippen molar-refractivity contribution in [3.63, 3.8) is 0 Å². The molecule has 2 aromatic rings. The van der Waals surface area contributed by atoms with Crippen molar-refractivity contribution in [2.24, 2.45) is 5.92 Å². The van der Waals surface area contributed by atoms with Gasteiger partial charge in [-0.15, -0.1) is 0 Å². The molecule has 3 rings (SSSR count). The molecule has 0 radical (unpaired) electrons. The second-order valence-corrected chi connectivity index (χ2v) is 6.69. The van der Waals surface area contributed by atoms with Crippen LogP contribution in [0.15, 0.2) is 41.0 Å². The predicted molar refractivity (Wildman–Crippen MR) is 99.6 cm³/mol. The highest BCUT2D eigenvalue weighted by molar-refractivity contribution is 6.05. The molecule has 0 saturated heterocycles. The van der Waals surface area contributed by atoms with E-state index in [-0.39, 0.29) is 24.2 Å². The summed E-state index contributed by atoms with van der Waals surface area (Å²) in [4.78, 5) is 37.8. The normalized spacial score (nSPS) is 13.2. The van der Waals surface area contributed by atoms with Crippen molar-refractivity contribution >= 4 is 29.2 Å². The highest BCUT2D eigenvalue weighted by atomic mass is 16.5. The third-order valence-corrected chi connectivity index (χ3v) is 4.28. The molecular weight excluding hydrogens is 348 g/mol. The number of fused-ring (bicyclic) bond motifs is 1. The summed E-state index contributed by atoms with van der Waals surface area (Å²) in [6, 6.07) is 8.74. The average molecular weight is 370 g/mol. The largest absolute Gasteiger partial charge is 0.459 e. The van der Waals surface area contributed by atoms with Gasteiger partial charge < -0.3 is 19.4 Å². The summed E-state index contributed by atoms with van der Waals surface area (Å²) in [5.74, 6) is -1.08. The van der Waals surface area contributed by atoms with Gasteiger partial charge in [0.25, 0.3) is 11.8 Å². The number of benzene rings is 1. The van der Waals surface area contributed by atoms with Gasteiger partial charge in [-0.1, -0.05) is 19.9 Å². The van der Waals surface area contributed by atoms with Crippen LogP contribution >= 0.6 is 0 Å². The van der Waals surface area contributed by atoms with E-state index >= 15 is 0 Å². The minimum absolute atomic E-state index is 0.213. The Morgan fingerprint density at radius 2 is 2.07 bits per heavy atom. The van der Waals surface area contributed by atoms with Crippen molar-refractivity contribution in [1.29, 1.82) is 0 Å². The Hall–Kier alpha value is -3.09. The SMILES string of the molecule is CC(C)C(=O)OCC(=O)Nc1ccc2c(c1)N(C(=O)c1ccco1)CCC2. The lowest BCUT2D eigenvalue weighted by atomic mass is 10.0. The van der Waals surface area contributed by atoms with Gasteiger partial charge in [-0.3, -0.25) is 14.4 Å². The Balaban J connectivity index is 1.73. The second-order valence-electron chi connectivity index (χ2n) is 6.69. The smallest absolute Gasteiger partial charge is 0.308 e. The topological polar surface area (TPSA) is 88.9 Å². The standard InChI is InChI=1S/C20H22N2O5/c1-13(2)20(25)27-12-18(23)21-15-8-7-14-5-3-9-22(16(14)11-15)19(24)17-6-4-10-26-17/h4,6-8,10-11,13H,3,5,9,12H2,1-2H3,(H,21,23). The van der Waals surface area contributed by atoms with Crippen molar-refractivity contribution in [1.82, 2.24) is 0 Å². The molecule has 0 fully saturated rings. The molecule has 0 atom stereocenters. The lowest BCUT2D eigenvalue weighted by molar-refractivity contribution is -0.150. The summed E-state index contributed by atoms with van der Waals surface area (Å²) < 4.78 is 10.2. The van der Waals surface area contributed by atoms with Crippen LogP contribution in [0.3, 0.4) is 0 Å². The molecule has 2 amide bonds. The number of anilines is 2. The molecule has 7 nitrogen and oxygen atoms in total. The third kappa shape index (κ3) is 4.36. The van der Waals surface area contributed by atoms with Crippen LogP contribution in [-0.4, -0.2) is 30.9 Å². The molecule has 1 N–H and O–H groups in total. The highest BCUT2D eigenvalue weighted by Gasteiger charge is 2.25. The van der Waals surface area contributed by atoms with Gasteiger partial charge in [0.05, 0.1) is 12.2 Å². The van der Waals surface area contributed by atoms with E-state index in [1.54, 1.807) is 43.0 Å². The van der Waals surface area contributed by atoms with Crippen molar-refractivity contribution in [2.75, 3.05) is 23.4 Å². The van der Waals surface area contributed by atoms with Crippen molar-refractivity contribution < 1.29 is 23.5 Å². The fraction of sp³-hybridized carbons (Fsp3) is 0.350. The summed E-state index contributed by atoms with van der Waals surface area (Å²) in [6.45, 7) is 3.64. The van der Waals surface area contributed by atoms with E-state index in [1.165, 1.54) is 6.26 Å². The first-order valence-electron chi connectivity index (χ1n) is 8.90. The molecule has 0 saturated carbocycles. The molecule has 0 bridgehead atoms. The highest BCUT2D eigenvalue weighted by Crippen LogP contribution is 2.31. The summed E-state index contributed by atoms with van der Waals surface area (Å²) in [6.07, 6.45) is 3.18. The van der Waals surface area contributed by atoms with Crippen LogP contribution in [0.5, 0.6) is 0 Å². The first kappa shape index (κ1) is 18.7. The van der Waals surface area contributed by atoms with Gasteiger partial charge >= 0.3 is 5.97 Å². The molecule has 7 heteroatoms. The number of furan rings is 1. The van der Waals surface area contributed by atoms with E-state index in [1.807, 2.05) is 6.07 Å². The first-order valence-corrected chi connectivity index (χ1v) is 8.90. The van der Waals surface area contributed by atoms with Crippen molar-refractivity contribution in [3.05, 3.63) is 47.9 Å². The molecule has 1 aliphatic heterocycles. The monoisotopic (exact) mass is 370 g/mol. The molecule has 1 aliphatic rings. The number of carbonyl (C=O) groups excluding carboxylic acids is 3.